The van der Waals surface area contributed by atoms with Crippen molar-refractivity contribution < 1.29 is 0 Å². The van der Waals surface area contributed by atoms with Crippen LogP contribution in [0.2, 0.25) is 0 Å². The predicted molar refractivity (Wildman–Crippen MR) is 149 cm³/mol. The van der Waals surface area contributed by atoms with Crippen molar-refractivity contribution >= 4 is 5.69 Å². The molecular weight excluding hydrogens is 442 g/mol. The number of piperazine rings is 1. The van der Waals surface area contributed by atoms with Crippen molar-refractivity contribution in [3.63, 3.8) is 0 Å². The molecule has 3 heterocycles. The van der Waals surface area contributed by atoms with Crippen molar-refractivity contribution in [2.24, 2.45) is 5.92 Å². The van der Waals surface area contributed by atoms with Gasteiger partial charge in [0.25, 0.3) is 0 Å². The Hall–Kier alpha value is -1.95. The Morgan fingerprint density at radius 2 is 1.81 bits per heavy atom. The van der Waals surface area contributed by atoms with Gasteiger partial charge < -0.3 is 15.5 Å². The molecule has 1 aromatic heterocycles. The molecule has 1 saturated heterocycles. The minimum Gasteiger partial charge on any atom is -0.369 e. The van der Waals surface area contributed by atoms with E-state index < -0.39 is 0 Å². The third kappa shape index (κ3) is 5.49. The Morgan fingerprint density at radius 1 is 0.944 bits per heavy atom. The number of aromatic nitrogens is 1. The number of pyridine rings is 1. The molecule has 2 N–H and O–H groups in total. The lowest BCUT2D eigenvalue weighted by Gasteiger charge is -2.39. The van der Waals surface area contributed by atoms with E-state index in [1.165, 1.54) is 93.4 Å². The lowest BCUT2D eigenvalue weighted by molar-refractivity contribution is 0.126. The van der Waals surface area contributed by atoms with Gasteiger partial charge in [-0.25, -0.2) is 0 Å². The largest absolute Gasteiger partial charge is 0.369 e. The van der Waals surface area contributed by atoms with Gasteiger partial charge in [-0.3, -0.25) is 9.88 Å². The highest BCUT2D eigenvalue weighted by Gasteiger charge is 2.31. The summed E-state index contributed by atoms with van der Waals surface area (Å²) in [5, 5.41) is 7.43. The standard InChI is InChI=1S/C31H45N5/c1-2-7-24(8-3-1)23-36(30-13-4-9-25-11-6-15-33-31(25)30)18-14-27-21-28-26(22-34-27)10-5-12-29(28)35-19-16-32-17-20-35/h5-6,10-12,15,24,27,30,32,34H,1-4,7-9,13-14,16-23H2/t27-,30-/m0/s1. The van der Waals surface area contributed by atoms with E-state index >= 15 is 0 Å². The molecule has 2 fully saturated rings. The Morgan fingerprint density at radius 3 is 2.69 bits per heavy atom. The Bertz CT molecular complexity index is 994. The maximum atomic E-state index is 4.93. The molecule has 5 nitrogen and oxygen atoms in total. The summed E-state index contributed by atoms with van der Waals surface area (Å²) in [5.41, 5.74) is 7.47. The summed E-state index contributed by atoms with van der Waals surface area (Å²) >= 11 is 0. The summed E-state index contributed by atoms with van der Waals surface area (Å²) in [6.07, 6.45) is 15.3. The van der Waals surface area contributed by atoms with Gasteiger partial charge in [0.2, 0.25) is 0 Å². The van der Waals surface area contributed by atoms with Gasteiger partial charge in [0.15, 0.2) is 0 Å². The Balaban J connectivity index is 1.17. The van der Waals surface area contributed by atoms with Crippen LogP contribution >= 0.6 is 0 Å². The lowest BCUT2D eigenvalue weighted by atomic mass is 9.86. The van der Waals surface area contributed by atoms with Gasteiger partial charge in [-0.2, -0.15) is 0 Å². The van der Waals surface area contributed by atoms with Crippen LogP contribution in [0.4, 0.5) is 5.69 Å². The third-order valence-corrected chi connectivity index (χ3v) is 9.33. The maximum Gasteiger partial charge on any atom is 0.0607 e. The lowest BCUT2D eigenvalue weighted by Crippen LogP contribution is -2.45. The first kappa shape index (κ1) is 24.4. The highest BCUT2D eigenvalue weighted by molar-refractivity contribution is 5.58. The molecule has 0 radical (unpaired) electrons. The van der Waals surface area contributed by atoms with Gasteiger partial charge in [0.1, 0.15) is 0 Å². The third-order valence-electron chi connectivity index (χ3n) is 9.33. The maximum absolute atomic E-state index is 4.93. The van der Waals surface area contributed by atoms with Gasteiger partial charge in [-0.15, -0.1) is 0 Å². The highest BCUT2D eigenvalue weighted by Crippen LogP contribution is 2.36. The second-order valence-electron chi connectivity index (χ2n) is 11.7. The molecule has 6 rings (SSSR count). The number of nitrogens with one attached hydrogen (secondary N) is 2. The molecule has 0 unspecified atom stereocenters. The number of hydrogen-bond donors (Lipinski definition) is 2. The molecule has 5 heteroatoms. The van der Waals surface area contributed by atoms with Crippen molar-refractivity contribution in [3.05, 3.63) is 58.9 Å². The van der Waals surface area contributed by atoms with Crippen molar-refractivity contribution in [1.29, 1.82) is 0 Å². The molecule has 2 aliphatic heterocycles. The van der Waals surface area contributed by atoms with E-state index in [4.69, 9.17) is 4.98 Å². The van der Waals surface area contributed by atoms with Crippen LogP contribution in [0.5, 0.6) is 0 Å². The fourth-order valence-electron chi connectivity index (χ4n) is 7.34. The number of fused-ring (bicyclic) bond motifs is 2. The summed E-state index contributed by atoms with van der Waals surface area (Å²) in [5.74, 6) is 0.868. The Labute approximate surface area is 218 Å². The fourth-order valence-corrected chi connectivity index (χ4v) is 7.34. The molecule has 0 bridgehead atoms. The van der Waals surface area contributed by atoms with Crippen LogP contribution < -0.4 is 15.5 Å². The van der Waals surface area contributed by atoms with Crippen molar-refractivity contribution in [3.8, 4) is 0 Å². The summed E-state index contributed by atoms with van der Waals surface area (Å²) in [7, 11) is 0. The molecule has 4 aliphatic rings. The normalized spacial score (nSPS) is 25.0. The first-order valence-corrected chi connectivity index (χ1v) is 14.8. The Kier molecular flexibility index (Phi) is 7.87. The fraction of sp³-hybridized carbons (Fsp3) is 0.645. The van der Waals surface area contributed by atoms with E-state index in [0.29, 0.717) is 12.1 Å². The smallest absolute Gasteiger partial charge is 0.0607 e. The molecule has 1 aromatic carbocycles. The van der Waals surface area contributed by atoms with Crippen LogP contribution in [0, 0.1) is 5.92 Å². The zero-order valence-electron chi connectivity index (χ0n) is 22.1. The molecule has 0 spiro atoms. The predicted octanol–water partition coefficient (Wildman–Crippen LogP) is 4.86. The SMILES string of the molecule is c1cnc2c(c1)CCC[C@@H]2N(CC[C@H]1Cc2c(cccc2N2CCNCC2)CN1)CC1CCCCC1. The van der Waals surface area contributed by atoms with E-state index in [2.05, 4.69) is 50.8 Å². The molecule has 36 heavy (non-hydrogen) atoms. The number of benzene rings is 1. The zero-order valence-corrected chi connectivity index (χ0v) is 22.1. The van der Waals surface area contributed by atoms with Crippen LogP contribution in [0.15, 0.2) is 36.5 Å². The highest BCUT2D eigenvalue weighted by atomic mass is 15.2. The van der Waals surface area contributed by atoms with E-state index in [-0.39, 0.29) is 0 Å². The second-order valence-corrected chi connectivity index (χ2v) is 11.7. The van der Waals surface area contributed by atoms with Gasteiger partial charge in [0, 0.05) is 63.7 Å². The number of rotatable bonds is 7. The van der Waals surface area contributed by atoms with E-state index in [9.17, 15) is 0 Å². The van der Waals surface area contributed by atoms with E-state index in [0.717, 1.165) is 45.1 Å². The summed E-state index contributed by atoms with van der Waals surface area (Å²) in [4.78, 5) is 10.4. The minimum atomic E-state index is 0.504. The summed E-state index contributed by atoms with van der Waals surface area (Å²) in [6, 6.07) is 12.5. The van der Waals surface area contributed by atoms with Gasteiger partial charge >= 0.3 is 0 Å². The monoisotopic (exact) mass is 487 g/mol. The minimum absolute atomic E-state index is 0.504. The van der Waals surface area contributed by atoms with Crippen LogP contribution in [-0.2, 0) is 19.4 Å². The molecular formula is C31H45N5. The summed E-state index contributed by atoms with van der Waals surface area (Å²) < 4.78 is 0. The molecule has 194 valence electrons. The van der Waals surface area contributed by atoms with Crippen LogP contribution in [-0.4, -0.2) is 55.2 Å². The van der Waals surface area contributed by atoms with Gasteiger partial charge in [-0.1, -0.05) is 37.5 Å². The van der Waals surface area contributed by atoms with Crippen LogP contribution in [0.3, 0.4) is 0 Å². The van der Waals surface area contributed by atoms with E-state index in [1.807, 2.05) is 6.20 Å². The average molecular weight is 488 g/mol. The van der Waals surface area contributed by atoms with Crippen molar-refractivity contribution in [2.45, 2.75) is 82.8 Å². The average Bonchev–Trinajstić information content (AvgIpc) is 2.95. The summed E-state index contributed by atoms with van der Waals surface area (Å²) in [6.45, 7) is 7.89. The van der Waals surface area contributed by atoms with Gasteiger partial charge in [0.05, 0.1) is 11.7 Å². The number of hydrogen-bond acceptors (Lipinski definition) is 5. The van der Waals surface area contributed by atoms with Crippen LogP contribution in [0.1, 0.15) is 79.8 Å². The van der Waals surface area contributed by atoms with Crippen molar-refractivity contribution in [1.82, 2.24) is 20.5 Å². The number of aryl methyl sites for hydroxylation is 1. The molecule has 0 amide bonds. The van der Waals surface area contributed by atoms with Crippen molar-refractivity contribution in [2.75, 3.05) is 44.2 Å². The zero-order chi connectivity index (χ0) is 24.2. The van der Waals surface area contributed by atoms with E-state index in [1.54, 1.807) is 5.56 Å². The second kappa shape index (κ2) is 11.6. The molecule has 2 atom stereocenters. The molecule has 2 aliphatic carbocycles. The molecule has 2 aromatic rings. The number of nitrogens with zero attached hydrogens (tertiary/aromatic N) is 3. The number of anilines is 1. The topological polar surface area (TPSA) is 43.4 Å². The van der Waals surface area contributed by atoms with Gasteiger partial charge in [-0.05, 0) is 79.7 Å². The molecule has 1 saturated carbocycles. The quantitative estimate of drug-likeness (QED) is 0.584. The first-order chi connectivity index (χ1) is 17.8. The first-order valence-electron chi connectivity index (χ1n) is 14.8. The van der Waals surface area contributed by atoms with Crippen LogP contribution in [0.25, 0.3) is 0 Å².